The lowest BCUT2D eigenvalue weighted by molar-refractivity contribution is -0.113. The van der Waals surface area contributed by atoms with Gasteiger partial charge in [-0.05, 0) is 35.7 Å². The highest BCUT2D eigenvalue weighted by Gasteiger charge is 2.11. The Morgan fingerprint density at radius 1 is 0.897 bits per heavy atom. The summed E-state index contributed by atoms with van der Waals surface area (Å²) in [6.07, 6.45) is 1.42. The molecule has 2 heterocycles. The number of aromatic nitrogens is 2. The van der Waals surface area contributed by atoms with E-state index in [9.17, 15) is 9.59 Å². The van der Waals surface area contributed by atoms with Gasteiger partial charge in [0.15, 0.2) is 11.6 Å². The summed E-state index contributed by atoms with van der Waals surface area (Å²) < 4.78 is 5.02. The van der Waals surface area contributed by atoms with E-state index in [0.717, 1.165) is 16.5 Å². The van der Waals surface area contributed by atoms with E-state index in [0.29, 0.717) is 10.8 Å². The number of thioether (sulfide) groups is 1. The highest BCUT2D eigenvalue weighted by atomic mass is 32.2. The Bertz CT molecular complexity index is 1140. The molecule has 0 fully saturated rings. The second-order valence-corrected chi connectivity index (χ2v) is 7.05. The first-order chi connectivity index (χ1) is 14.2. The van der Waals surface area contributed by atoms with Gasteiger partial charge in [0.2, 0.25) is 5.91 Å². The lowest BCUT2D eigenvalue weighted by atomic mass is 10.1. The molecule has 0 aliphatic carbocycles. The van der Waals surface area contributed by atoms with Gasteiger partial charge in [0.25, 0.3) is 5.91 Å². The topological polar surface area (TPSA) is 97.1 Å². The Balaban J connectivity index is 1.33. The first-order valence-corrected chi connectivity index (χ1v) is 9.76. The van der Waals surface area contributed by atoms with E-state index in [4.69, 9.17) is 4.42 Å². The number of carbonyl (C=O) groups is 2. The molecule has 0 spiro atoms. The molecule has 0 saturated heterocycles. The van der Waals surface area contributed by atoms with Gasteiger partial charge >= 0.3 is 0 Å². The molecule has 144 valence electrons. The van der Waals surface area contributed by atoms with Crippen molar-refractivity contribution in [2.45, 2.75) is 5.03 Å². The van der Waals surface area contributed by atoms with Crippen molar-refractivity contribution in [2.24, 2.45) is 0 Å². The van der Waals surface area contributed by atoms with Crippen LogP contribution in [0.5, 0.6) is 0 Å². The zero-order valence-electron chi connectivity index (χ0n) is 15.2. The van der Waals surface area contributed by atoms with Crippen LogP contribution < -0.4 is 10.6 Å². The highest BCUT2D eigenvalue weighted by molar-refractivity contribution is 7.99. The average molecular weight is 404 g/mol. The van der Waals surface area contributed by atoms with Crippen molar-refractivity contribution in [1.29, 1.82) is 0 Å². The van der Waals surface area contributed by atoms with Gasteiger partial charge in [-0.3, -0.25) is 9.59 Å². The van der Waals surface area contributed by atoms with Crippen LogP contribution in [0.15, 0.2) is 82.4 Å². The van der Waals surface area contributed by atoms with Crippen molar-refractivity contribution in [1.82, 2.24) is 10.2 Å². The maximum absolute atomic E-state index is 12.3. The molecule has 0 bridgehead atoms. The number of furan rings is 1. The fourth-order valence-corrected chi connectivity index (χ4v) is 3.32. The van der Waals surface area contributed by atoms with Gasteiger partial charge in [-0.15, -0.1) is 10.2 Å². The molecule has 0 saturated carbocycles. The minimum atomic E-state index is -0.404. The first-order valence-electron chi connectivity index (χ1n) is 8.78. The summed E-state index contributed by atoms with van der Waals surface area (Å²) in [4.78, 5) is 24.2. The Morgan fingerprint density at radius 3 is 2.55 bits per heavy atom. The molecule has 0 radical (unpaired) electrons. The summed E-state index contributed by atoms with van der Waals surface area (Å²) in [6.45, 7) is 0. The molecule has 2 aromatic carbocycles. The van der Waals surface area contributed by atoms with Crippen LogP contribution >= 0.6 is 11.8 Å². The monoisotopic (exact) mass is 404 g/mol. The van der Waals surface area contributed by atoms with Crippen molar-refractivity contribution in [2.75, 3.05) is 16.4 Å². The molecule has 4 rings (SSSR count). The first kappa shape index (κ1) is 18.7. The largest absolute Gasteiger partial charge is 0.459 e. The van der Waals surface area contributed by atoms with Crippen molar-refractivity contribution >= 4 is 45.9 Å². The predicted octanol–water partition coefficient (Wildman–Crippen LogP) is 4.21. The molecule has 2 N–H and O–H groups in total. The van der Waals surface area contributed by atoms with Gasteiger partial charge in [0.05, 0.1) is 12.0 Å². The number of anilines is 2. The third-order valence-electron chi connectivity index (χ3n) is 4.04. The van der Waals surface area contributed by atoms with Crippen molar-refractivity contribution in [3.05, 3.63) is 78.8 Å². The third kappa shape index (κ3) is 4.61. The summed E-state index contributed by atoms with van der Waals surface area (Å²) in [5.74, 6) is 0.143. The molecule has 2 aromatic heterocycles. The number of nitrogens with one attached hydrogen (secondary N) is 2. The zero-order valence-corrected chi connectivity index (χ0v) is 16.0. The molecule has 0 aliphatic heterocycles. The maximum Gasteiger partial charge on any atom is 0.292 e. The Morgan fingerprint density at radius 2 is 1.76 bits per heavy atom. The number of rotatable bonds is 6. The molecule has 8 heteroatoms. The number of nitrogens with zero attached hydrogens (tertiary/aromatic N) is 2. The lowest BCUT2D eigenvalue weighted by Crippen LogP contribution is -2.14. The minimum absolute atomic E-state index is 0.136. The summed E-state index contributed by atoms with van der Waals surface area (Å²) in [7, 11) is 0. The fraction of sp³-hybridized carbons (Fsp3) is 0.0476. The summed E-state index contributed by atoms with van der Waals surface area (Å²) in [5.41, 5.74) is 0.774. The molecule has 4 aromatic rings. The minimum Gasteiger partial charge on any atom is -0.459 e. The van der Waals surface area contributed by atoms with Crippen molar-refractivity contribution in [3.8, 4) is 0 Å². The van der Waals surface area contributed by atoms with Crippen LogP contribution in [0, 0.1) is 0 Å². The van der Waals surface area contributed by atoms with Gasteiger partial charge in [0.1, 0.15) is 5.03 Å². The lowest BCUT2D eigenvalue weighted by Gasteiger charge is -2.08. The van der Waals surface area contributed by atoms with Crippen LogP contribution in [0.1, 0.15) is 10.6 Å². The number of carbonyl (C=O) groups excluding carboxylic acids is 2. The zero-order chi connectivity index (χ0) is 20.1. The van der Waals surface area contributed by atoms with Gasteiger partial charge in [-0.1, -0.05) is 48.2 Å². The van der Waals surface area contributed by atoms with E-state index in [1.807, 2.05) is 42.5 Å². The van der Waals surface area contributed by atoms with Crippen molar-refractivity contribution in [3.63, 3.8) is 0 Å². The summed E-state index contributed by atoms with van der Waals surface area (Å²) in [5, 5.41) is 16.1. The molecular weight excluding hydrogens is 388 g/mol. The molecule has 0 atom stereocenters. The number of hydrogen-bond donors (Lipinski definition) is 2. The van der Waals surface area contributed by atoms with Crippen LogP contribution in [-0.2, 0) is 4.79 Å². The number of fused-ring (bicyclic) bond motifs is 1. The van der Waals surface area contributed by atoms with E-state index >= 15 is 0 Å². The normalized spacial score (nSPS) is 10.6. The van der Waals surface area contributed by atoms with Crippen molar-refractivity contribution < 1.29 is 14.0 Å². The SMILES string of the molecule is O=C(CSc1ccc(NC(=O)c2ccco2)nn1)Nc1cccc2ccccc12. The van der Waals surface area contributed by atoms with Crippen LogP contribution in [0.4, 0.5) is 11.5 Å². The smallest absolute Gasteiger partial charge is 0.292 e. The Hall–Kier alpha value is -3.65. The van der Waals surface area contributed by atoms with E-state index in [2.05, 4.69) is 20.8 Å². The summed E-state index contributed by atoms with van der Waals surface area (Å²) in [6, 6.07) is 20.2. The predicted molar refractivity (Wildman–Crippen MR) is 112 cm³/mol. The van der Waals surface area contributed by atoms with Crippen LogP contribution in [0.25, 0.3) is 10.8 Å². The van der Waals surface area contributed by atoms with E-state index in [1.165, 1.54) is 18.0 Å². The molecule has 29 heavy (non-hydrogen) atoms. The van der Waals surface area contributed by atoms with E-state index in [1.54, 1.807) is 24.3 Å². The highest BCUT2D eigenvalue weighted by Crippen LogP contribution is 2.23. The van der Waals surface area contributed by atoms with Crippen LogP contribution in [0.3, 0.4) is 0 Å². The fourth-order valence-electron chi connectivity index (χ4n) is 2.71. The standard InChI is InChI=1S/C21H16N4O3S/c26-19(22-16-8-3-6-14-5-1-2-7-15(14)16)13-29-20-11-10-18(24-25-20)23-21(27)17-9-4-12-28-17/h1-12H,13H2,(H,22,26)(H,23,24,27). The average Bonchev–Trinajstić information content (AvgIpc) is 3.29. The Labute approximate surface area is 170 Å². The molecular formula is C21H16N4O3S. The van der Waals surface area contributed by atoms with E-state index in [-0.39, 0.29) is 17.4 Å². The Kier molecular flexibility index (Phi) is 5.53. The summed E-state index contributed by atoms with van der Waals surface area (Å²) >= 11 is 1.26. The van der Waals surface area contributed by atoms with Gasteiger partial charge in [-0.2, -0.15) is 0 Å². The third-order valence-corrected chi connectivity index (χ3v) is 4.96. The van der Waals surface area contributed by atoms with Gasteiger partial charge in [-0.25, -0.2) is 0 Å². The van der Waals surface area contributed by atoms with Gasteiger partial charge in [0, 0.05) is 11.1 Å². The second kappa shape index (κ2) is 8.57. The number of amides is 2. The maximum atomic E-state index is 12.3. The number of hydrogen-bond acceptors (Lipinski definition) is 6. The molecule has 0 aliphatic rings. The quantitative estimate of drug-likeness (QED) is 0.467. The molecule has 7 nitrogen and oxygen atoms in total. The van der Waals surface area contributed by atoms with E-state index < -0.39 is 5.91 Å². The van der Waals surface area contributed by atoms with Gasteiger partial charge < -0.3 is 15.1 Å². The molecule has 2 amide bonds. The second-order valence-electron chi connectivity index (χ2n) is 6.05. The van der Waals surface area contributed by atoms with Crippen LogP contribution in [0.2, 0.25) is 0 Å². The van der Waals surface area contributed by atoms with Crippen LogP contribution in [-0.4, -0.2) is 27.8 Å². The number of benzene rings is 2. The molecule has 0 unspecified atom stereocenters.